The summed E-state index contributed by atoms with van der Waals surface area (Å²) in [6.07, 6.45) is 3.85. The number of aryl methyl sites for hydroxylation is 1. The number of anilines is 1. The highest BCUT2D eigenvalue weighted by Crippen LogP contribution is 2.26. The highest BCUT2D eigenvalue weighted by Gasteiger charge is 2.26. The molecule has 1 atom stereocenters. The molecule has 0 saturated carbocycles. The summed E-state index contributed by atoms with van der Waals surface area (Å²) in [6.45, 7) is 0. The third-order valence-electron chi connectivity index (χ3n) is 3.72. The zero-order chi connectivity index (χ0) is 14.8. The van der Waals surface area contributed by atoms with Gasteiger partial charge in [0.25, 0.3) is 0 Å². The number of fused-ring (bicyclic) bond motifs is 1. The first-order valence-corrected chi connectivity index (χ1v) is 7.07. The minimum atomic E-state index is -0.122. The molecule has 1 amide bonds. The van der Waals surface area contributed by atoms with Crippen molar-refractivity contribution in [1.29, 1.82) is 5.26 Å². The fraction of sp³-hybridized carbons (Fsp3) is 0.267. The van der Waals surface area contributed by atoms with Crippen LogP contribution >= 0.6 is 11.6 Å². The maximum absolute atomic E-state index is 12.4. The first-order chi connectivity index (χ1) is 10.2. The molecule has 2 aromatic rings. The largest absolute Gasteiger partial charge is 0.348 e. The van der Waals surface area contributed by atoms with Crippen molar-refractivity contribution in [1.82, 2.24) is 9.97 Å². The summed E-state index contributed by atoms with van der Waals surface area (Å²) in [5, 5.41) is 12.4. The maximum atomic E-state index is 12.4. The van der Waals surface area contributed by atoms with Gasteiger partial charge in [0.2, 0.25) is 5.91 Å². The third kappa shape index (κ3) is 2.76. The molecular formula is C15H13ClN4O. The van der Waals surface area contributed by atoms with Crippen LogP contribution in [0.3, 0.4) is 0 Å². The van der Waals surface area contributed by atoms with Crippen molar-refractivity contribution in [2.75, 3.05) is 5.32 Å². The van der Waals surface area contributed by atoms with Crippen LogP contribution < -0.4 is 5.32 Å². The number of aromatic nitrogens is 2. The SMILES string of the molecule is N#Cc1ccc(Cl)cc1NC(=O)C1CCc2nc[nH]c2C1. The van der Waals surface area contributed by atoms with Crippen LogP contribution in [0.25, 0.3) is 0 Å². The first-order valence-electron chi connectivity index (χ1n) is 6.69. The summed E-state index contributed by atoms with van der Waals surface area (Å²) < 4.78 is 0. The minimum absolute atomic E-state index is 0.0889. The molecule has 6 heteroatoms. The predicted molar refractivity (Wildman–Crippen MR) is 78.9 cm³/mol. The summed E-state index contributed by atoms with van der Waals surface area (Å²) >= 11 is 5.92. The van der Waals surface area contributed by atoms with E-state index in [0.717, 1.165) is 24.2 Å². The molecule has 0 radical (unpaired) electrons. The van der Waals surface area contributed by atoms with Gasteiger partial charge in [-0.2, -0.15) is 5.26 Å². The number of hydrogen-bond acceptors (Lipinski definition) is 3. The van der Waals surface area contributed by atoms with Crippen molar-refractivity contribution in [3.63, 3.8) is 0 Å². The van der Waals surface area contributed by atoms with Gasteiger partial charge in [-0.05, 0) is 31.0 Å². The second-order valence-corrected chi connectivity index (χ2v) is 5.49. The second-order valence-electron chi connectivity index (χ2n) is 5.06. The van der Waals surface area contributed by atoms with Crippen molar-refractivity contribution in [3.8, 4) is 6.07 Å². The molecule has 21 heavy (non-hydrogen) atoms. The van der Waals surface area contributed by atoms with E-state index in [0.29, 0.717) is 22.7 Å². The van der Waals surface area contributed by atoms with Crippen molar-refractivity contribution in [2.24, 2.45) is 5.92 Å². The van der Waals surface area contributed by atoms with Crippen LogP contribution in [0.4, 0.5) is 5.69 Å². The second kappa shape index (κ2) is 5.58. The molecule has 1 aliphatic carbocycles. The summed E-state index contributed by atoms with van der Waals surface area (Å²) in [4.78, 5) is 19.7. The monoisotopic (exact) mass is 300 g/mol. The van der Waals surface area contributed by atoms with Crippen molar-refractivity contribution >= 4 is 23.2 Å². The van der Waals surface area contributed by atoms with E-state index >= 15 is 0 Å². The molecule has 0 fully saturated rings. The number of carbonyl (C=O) groups is 1. The number of rotatable bonds is 2. The zero-order valence-electron chi connectivity index (χ0n) is 11.2. The highest BCUT2D eigenvalue weighted by atomic mass is 35.5. The van der Waals surface area contributed by atoms with Gasteiger partial charge >= 0.3 is 0 Å². The van der Waals surface area contributed by atoms with Gasteiger partial charge in [-0.1, -0.05) is 11.6 Å². The number of aromatic amines is 1. The normalized spacial score (nSPS) is 16.9. The number of halogens is 1. The van der Waals surface area contributed by atoms with E-state index in [-0.39, 0.29) is 11.8 Å². The lowest BCUT2D eigenvalue weighted by Gasteiger charge is -2.21. The van der Waals surface area contributed by atoms with Crippen LogP contribution in [0.1, 0.15) is 23.4 Å². The molecule has 106 valence electrons. The Kier molecular flexibility index (Phi) is 3.63. The number of imidazole rings is 1. The molecule has 1 heterocycles. The molecule has 3 rings (SSSR count). The fourth-order valence-corrected chi connectivity index (χ4v) is 2.75. The van der Waals surface area contributed by atoms with Crippen LogP contribution in [0, 0.1) is 17.2 Å². The number of carbonyl (C=O) groups excluding carboxylic acids is 1. The average molecular weight is 301 g/mol. The lowest BCUT2D eigenvalue weighted by molar-refractivity contribution is -0.120. The average Bonchev–Trinajstić information content (AvgIpc) is 2.94. The molecule has 2 N–H and O–H groups in total. The Morgan fingerprint density at radius 1 is 1.52 bits per heavy atom. The van der Waals surface area contributed by atoms with E-state index in [1.54, 1.807) is 24.5 Å². The number of benzene rings is 1. The number of amides is 1. The van der Waals surface area contributed by atoms with Crippen LogP contribution in [0.15, 0.2) is 24.5 Å². The van der Waals surface area contributed by atoms with Crippen LogP contribution in [-0.4, -0.2) is 15.9 Å². The molecule has 1 unspecified atom stereocenters. The Bertz CT molecular complexity index is 732. The van der Waals surface area contributed by atoms with Gasteiger partial charge < -0.3 is 10.3 Å². The number of hydrogen-bond donors (Lipinski definition) is 2. The van der Waals surface area contributed by atoms with Crippen LogP contribution in [0.5, 0.6) is 0 Å². The lowest BCUT2D eigenvalue weighted by Crippen LogP contribution is -2.28. The van der Waals surface area contributed by atoms with Crippen LogP contribution in [0.2, 0.25) is 5.02 Å². The van der Waals surface area contributed by atoms with Gasteiger partial charge in [0, 0.05) is 23.1 Å². The van der Waals surface area contributed by atoms with E-state index in [1.165, 1.54) is 0 Å². The van der Waals surface area contributed by atoms with E-state index in [2.05, 4.69) is 21.4 Å². The number of nitrogens with one attached hydrogen (secondary N) is 2. The Balaban J connectivity index is 1.76. The Labute approximate surface area is 127 Å². The molecule has 0 saturated heterocycles. The number of H-pyrrole nitrogens is 1. The maximum Gasteiger partial charge on any atom is 0.227 e. The van der Waals surface area contributed by atoms with Gasteiger partial charge in [-0.15, -0.1) is 0 Å². The number of nitriles is 1. The predicted octanol–water partition coefficient (Wildman–Crippen LogP) is 2.68. The first kappa shape index (κ1) is 13.7. The summed E-state index contributed by atoms with van der Waals surface area (Å²) in [7, 11) is 0. The Hall–Kier alpha value is -2.32. The quantitative estimate of drug-likeness (QED) is 0.894. The van der Waals surface area contributed by atoms with E-state index in [1.807, 2.05) is 0 Å². The third-order valence-corrected chi connectivity index (χ3v) is 3.95. The molecule has 1 aromatic heterocycles. The van der Waals surface area contributed by atoms with E-state index < -0.39 is 0 Å². The summed E-state index contributed by atoms with van der Waals surface area (Å²) in [6, 6.07) is 6.89. The molecule has 1 aromatic carbocycles. The topological polar surface area (TPSA) is 81.6 Å². The fourth-order valence-electron chi connectivity index (χ4n) is 2.58. The molecular weight excluding hydrogens is 288 g/mol. The molecule has 5 nitrogen and oxygen atoms in total. The van der Waals surface area contributed by atoms with Gasteiger partial charge in [0.1, 0.15) is 6.07 Å². The van der Waals surface area contributed by atoms with Crippen molar-refractivity contribution < 1.29 is 4.79 Å². The molecule has 0 spiro atoms. The standard InChI is InChI=1S/C15H13ClN4O/c16-11-3-1-10(7-17)13(6-11)20-15(21)9-2-4-12-14(5-9)19-8-18-12/h1,3,6,8-9H,2,4-5H2,(H,18,19)(H,20,21). The molecule has 0 aliphatic heterocycles. The Morgan fingerprint density at radius 3 is 3.19 bits per heavy atom. The summed E-state index contributed by atoms with van der Waals surface area (Å²) in [5.41, 5.74) is 2.93. The van der Waals surface area contributed by atoms with Gasteiger partial charge in [-0.25, -0.2) is 4.98 Å². The van der Waals surface area contributed by atoms with E-state index in [4.69, 9.17) is 16.9 Å². The van der Waals surface area contributed by atoms with Crippen LogP contribution in [-0.2, 0) is 17.6 Å². The number of nitrogens with zero attached hydrogens (tertiary/aromatic N) is 2. The smallest absolute Gasteiger partial charge is 0.227 e. The van der Waals surface area contributed by atoms with Gasteiger partial charge in [-0.3, -0.25) is 4.79 Å². The van der Waals surface area contributed by atoms with Gasteiger partial charge in [0.15, 0.2) is 0 Å². The Morgan fingerprint density at radius 2 is 2.38 bits per heavy atom. The zero-order valence-corrected chi connectivity index (χ0v) is 11.9. The highest BCUT2D eigenvalue weighted by molar-refractivity contribution is 6.31. The van der Waals surface area contributed by atoms with Crippen molar-refractivity contribution in [2.45, 2.75) is 19.3 Å². The van der Waals surface area contributed by atoms with Gasteiger partial charge in [0.05, 0.1) is 23.3 Å². The van der Waals surface area contributed by atoms with Crippen molar-refractivity contribution in [3.05, 3.63) is 46.5 Å². The summed E-state index contributed by atoms with van der Waals surface area (Å²) in [5.74, 6) is -0.211. The molecule has 1 aliphatic rings. The lowest BCUT2D eigenvalue weighted by atomic mass is 9.89. The molecule has 0 bridgehead atoms. The minimum Gasteiger partial charge on any atom is -0.348 e. The van der Waals surface area contributed by atoms with E-state index in [9.17, 15) is 4.79 Å².